The predicted molar refractivity (Wildman–Crippen MR) is 140 cm³/mol. The fraction of sp³-hybridized carbons (Fsp3) is 0.500. The molecule has 0 bridgehead atoms. The maximum Gasteiger partial charge on any atom is 0.430 e. The second kappa shape index (κ2) is 11.0. The van der Waals surface area contributed by atoms with Crippen LogP contribution in [-0.4, -0.2) is 73.2 Å². The van der Waals surface area contributed by atoms with E-state index < -0.39 is 29.1 Å². The van der Waals surface area contributed by atoms with E-state index in [1.807, 2.05) is 25.1 Å². The van der Waals surface area contributed by atoms with Crippen LogP contribution in [0.2, 0.25) is 5.02 Å². The number of aryl methyl sites for hydroxylation is 1. The van der Waals surface area contributed by atoms with Crippen molar-refractivity contribution < 1.29 is 32.3 Å². The Morgan fingerprint density at radius 1 is 1.05 bits per heavy atom. The molecular formula is C28H32ClF4N3O3. The van der Waals surface area contributed by atoms with Gasteiger partial charge in [0.2, 0.25) is 0 Å². The Kier molecular flexibility index (Phi) is 8.19. The molecule has 2 saturated heterocycles. The number of benzene rings is 2. The number of anilines is 1. The average molecular weight is 570 g/mol. The molecule has 39 heavy (non-hydrogen) atoms. The quantitative estimate of drug-likeness (QED) is 0.497. The fourth-order valence-corrected chi connectivity index (χ4v) is 5.73. The molecule has 212 valence electrons. The monoisotopic (exact) mass is 569 g/mol. The summed E-state index contributed by atoms with van der Waals surface area (Å²) in [5.74, 6) is -2.25. The van der Waals surface area contributed by atoms with Gasteiger partial charge in [-0.1, -0.05) is 11.6 Å². The molecule has 11 heteroatoms. The SMILES string of the molecule is Cc1cc(N2CCC(CC3CN(C(=O)C(O)(c4cc(F)cc(Cl)c4)C(F)(F)F)C3)CC2)ccc1C(=O)N(C)C. The predicted octanol–water partition coefficient (Wildman–Crippen LogP) is 5.00. The van der Waals surface area contributed by atoms with Crippen LogP contribution in [0.5, 0.6) is 0 Å². The Morgan fingerprint density at radius 3 is 2.23 bits per heavy atom. The molecule has 0 aliphatic carbocycles. The Morgan fingerprint density at radius 2 is 1.69 bits per heavy atom. The topological polar surface area (TPSA) is 64.1 Å². The van der Waals surface area contributed by atoms with Crippen molar-refractivity contribution in [3.63, 3.8) is 0 Å². The maximum atomic E-state index is 13.9. The largest absolute Gasteiger partial charge is 0.430 e. The van der Waals surface area contributed by atoms with Gasteiger partial charge in [-0.15, -0.1) is 0 Å². The summed E-state index contributed by atoms with van der Waals surface area (Å²) in [5, 5.41) is 10.2. The molecule has 4 rings (SSSR count). The van der Waals surface area contributed by atoms with Crippen molar-refractivity contribution >= 4 is 29.1 Å². The van der Waals surface area contributed by atoms with Crippen LogP contribution in [0, 0.1) is 24.6 Å². The molecule has 0 radical (unpaired) electrons. The lowest BCUT2D eigenvalue weighted by atomic mass is 9.82. The summed E-state index contributed by atoms with van der Waals surface area (Å²) in [7, 11) is 3.43. The molecular weight excluding hydrogens is 538 g/mol. The molecule has 0 saturated carbocycles. The third-order valence-electron chi connectivity index (χ3n) is 7.74. The van der Waals surface area contributed by atoms with Gasteiger partial charge in [-0.25, -0.2) is 4.39 Å². The van der Waals surface area contributed by atoms with Crippen molar-refractivity contribution in [2.45, 2.75) is 38.0 Å². The molecule has 0 aromatic heterocycles. The van der Waals surface area contributed by atoms with Crippen LogP contribution in [0.3, 0.4) is 0 Å². The first kappa shape index (κ1) is 29.1. The number of rotatable bonds is 6. The number of hydrogen-bond acceptors (Lipinski definition) is 4. The maximum absolute atomic E-state index is 13.9. The van der Waals surface area contributed by atoms with Crippen LogP contribution in [0.1, 0.15) is 40.7 Å². The number of carbonyl (C=O) groups is 2. The minimum Gasteiger partial charge on any atom is -0.372 e. The Balaban J connectivity index is 1.32. The first-order valence-electron chi connectivity index (χ1n) is 12.8. The molecule has 1 atom stereocenters. The summed E-state index contributed by atoms with van der Waals surface area (Å²) in [5.41, 5.74) is -2.19. The number of carbonyl (C=O) groups excluding carboxylic acids is 2. The van der Waals surface area contributed by atoms with Crippen molar-refractivity contribution in [3.05, 3.63) is 63.9 Å². The summed E-state index contributed by atoms with van der Waals surface area (Å²) >= 11 is 5.70. The van der Waals surface area contributed by atoms with Gasteiger partial charge in [0, 0.05) is 62.1 Å². The summed E-state index contributed by atoms with van der Waals surface area (Å²) in [6, 6.07) is 7.86. The van der Waals surface area contributed by atoms with Crippen LogP contribution in [-0.2, 0) is 10.4 Å². The van der Waals surface area contributed by atoms with Gasteiger partial charge in [-0.3, -0.25) is 9.59 Å². The molecule has 2 aliphatic rings. The molecule has 1 N–H and O–H groups in total. The van der Waals surface area contributed by atoms with Gasteiger partial charge in [0.05, 0.1) is 0 Å². The normalized spacial score (nSPS) is 18.5. The van der Waals surface area contributed by atoms with Crippen LogP contribution >= 0.6 is 11.6 Å². The molecule has 2 aromatic rings. The zero-order valence-electron chi connectivity index (χ0n) is 22.1. The molecule has 2 fully saturated rings. The number of nitrogens with zero attached hydrogens (tertiary/aromatic N) is 3. The van der Waals surface area contributed by atoms with Crippen LogP contribution in [0.4, 0.5) is 23.2 Å². The highest BCUT2D eigenvalue weighted by Gasteiger charge is 2.63. The van der Waals surface area contributed by atoms with E-state index in [2.05, 4.69) is 4.90 Å². The summed E-state index contributed by atoms with van der Waals surface area (Å²) in [6.45, 7) is 3.74. The molecule has 6 nitrogen and oxygen atoms in total. The summed E-state index contributed by atoms with van der Waals surface area (Å²) in [4.78, 5) is 29.9. The summed E-state index contributed by atoms with van der Waals surface area (Å²) < 4.78 is 55.5. The second-order valence-electron chi connectivity index (χ2n) is 10.8. The average Bonchev–Trinajstić information content (AvgIpc) is 2.83. The molecule has 0 spiro atoms. The number of likely N-dealkylation sites (tertiary alicyclic amines) is 1. The van der Waals surface area contributed by atoms with Gasteiger partial charge in [-0.05, 0) is 80.0 Å². The standard InChI is InChI=1S/C28H32ClF4N3O3/c1-17-10-23(4-5-24(17)25(37)34(2)3)35-8-6-18(7-9-35)11-19-15-36(16-19)26(38)27(39,28(31,32)33)20-12-21(29)14-22(30)13-20/h4-5,10,12-14,18-19,39H,6-9,11,15-16H2,1-3H3. The number of halogens is 5. The smallest absolute Gasteiger partial charge is 0.372 e. The minimum absolute atomic E-state index is 0.0256. The highest BCUT2D eigenvalue weighted by atomic mass is 35.5. The van der Waals surface area contributed by atoms with E-state index >= 15 is 0 Å². The van der Waals surface area contributed by atoms with Gasteiger partial charge in [0.1, 0.15) is 5.82 Å². The number of hydrogen-bond donors (Lipinski definition) is 1. The minimum atomic E-state index is -5.35. The number of alkyl halides is 3. The van der Waals surface area contributed by atoms with E-state index in [1.165, 1.54) is 0 Å². The van der Waals surface area contributed by atoms with E-state index in [0.717, 1.165) is 60.6 Å². The molecule has 2 heterocycles. The number of amides is 2. The molecule has 2 aromatic carbocycles. The van der Waals surface area contributed by atoms with Crippen LogP contribution < -0.4 is 4.90 Å². The van der Waals surface area contributed by atoms with E-state index in [9.17, 15) is 32.3 Å². The zero-order chi connectivity index (χ0) is 28.7. The number of piperidine rings is 1. The Labute approximate surface area is 230 Å². The first-order valence-corrected chi connectivity index (χ1v) is 13.2. The van der Waals surface area contributed by atoms with Gasteiger partial charge < -0.3 is 19.8 Å². The van der Waals surface area contributed by atoms with Gasteiger partial charge >= 0.3 is 6.18 Å². The van der Waals surface area contributed by atoms with Crippen LogP contribution in [0.15, 0.2) is 36.4 Å². The lowest BCUT2D eigenvalue weighted by Crippen LogP contribution is -2.61. The number of aliphatic hydroxyl groups is 1. The lowest BCUT2D eigenvalue weighted by molar-refractivity contribution is -0.264. The highest BCUT2D eigenvalue weighted by molar-refractivity contribution is 6.30. The molecule has 2 aliphatic heterocycles. The second-order valence-corrected chi connectivity index (χ2v) is 11.2. The van der Waals surface area contributed by atoms with Crippen LogP contribution in [0.25, 0.3) is 0 Å². The molecule has 1 unspecified atom stereocenters. The zero-order valence-corrected chi connectivity index (χ0v) is 22.8. The van der Waals surface area contributed by atoms with Crippen molar-refractivity contribution in [3.8, 4) is 0 Å². The van der Waals surface area contributed by atoms with E-state index in [-0.39, 0.29) is 29.9 Å². The van der Waals surface area contributed by atoms with Gasteiger partial charge in [-0.2, -0.15) is 13.2 Å². The van der Waals surface area contributed by atoms with E-state index in [0.29, 0.717) is 17.5 Å². The fourth-order valence-electron chi connectivity index (χ4n) is 5.51. The van der Waals surface area contributed by atoms with Crippen molar-refractivity contribution in [1.29, 1.82) is 0 Å². The first-order chi connectivity index (χ1) is 18.2. The summed E-state index contributed by atoms with van der Waals surface area (Å²) in [6.07, 6.45) is -2.79. The van der Waals surface area contributed by atoms with Gasteiger partial charge in [0.15, 0.2) is 0 Å². The third-order valence-corrected chi connectivity index (χ3v) is 7.96. The van der Waals surface area contributed by atoms with Crippen molar-refractivity contribution in [1.82, 2.24) is 9.80 Å². The van der Waals surface area contributed by atoms with E-state index in [1.54, 1.807) is 19.0 Å². The Hall–Kier alpha value is -2.85. The van der Waals surface area contributed by atoms with Crippen molar-refractivity contribution in [2.75, 3.05) is 45.2 Å². The lowest BCUT2D eigenvalue weighted by Gasteiger charge is -2.45. The van der Waals surface area contributed by atoms with Crippen molar-refractivity contribution in [2.24, 2.45) is 11.8 Å². The van der Waals surface area contributed by atoms with Gasteiger partial charge in [0.25, 0.3) is 17.4 Å². The Bertz CT molecular complexity index is 1220. The van der Waals surface area contributed by atoms with E-state index in [4.69, 9.17) is 11.6 Å². The highest BCUT2D eigenvalue weighted by Crippen LogP contribution is 2.43. The third kappa shape index (κ3) is 5.87. The molecule has 2 amide bonds.